The van der Waals surface area contributed by atoms with Crippen molar-refractivity contribution in [3.8, 4) is 0 Å². The Balaban J connectivity index is 1.58. The summed E-state index contributed by atoms with van der Waals surface area (Å²) >= 11 is 0. The molecule has 1 aromatic rings. The van der Waals surface area contributed by atoms with Gasteiger partial charge in [-0.15, -0.1) is 0 Å². The first-order valence-corrected chi connectivity index (χ1v) is 6.27. The normalized spacial score (nSPS) is 20.9. The van der Waals surface area contributed by atoms with Gasteiger partial charge in [-0.2, -0.15) is 0 Å². The lowest BCUT2D eigenvalue weighted by molar-refractivity contribution is 0.0921. The van der Waals surface area contributed by atoms with Crippen LogP contribution in [0.1, 0.15) is 18.4 Å². The summed E-state index contributed by atoms with van der Waals surface area (Å²) in [6, 6.07) is 10.5. The first-order chi connectivity index (χ1) is 7.95. The van der Waals surface area contributed by atoms with E-state index in [1.54, 1.807) is 0 Å². The van der Waals surface area contributed by atoms with Crippen LogP contribution in [0.5, 0.6) is 0 Å². The number of hydrogen-bond donors (Lipinski definition) is 1. The van der Waals surface area contributed by atoms with Gasteiger partial charge in [0, 0.05) is 6.54 Å². The number of benzene rings is 1. The van der Waals surface area contributed by atoms with E-state index in [1.807, 2.05) is 0 Å². The second-order valence-electron chi connectivity index (χ2n) is 4.52. The molecule has 1 atom stereocenters. The van der Waals surface area contributed by atoms with E-state index in [4.69, 9.17) is 4.74 Å². The largest absolute Gasteiger partial charge is 0.381 e. The van der Waals surface area contributed by atoms with Crippen molar-refractivity contribution >= 4 is 0 Å². The van der Waals surface area contributed by atoms with Crippen LogP contribution in [-0.2, 0) is 11.2 Å². The predicted octanol–water partition coefficient (Wildman–Crippen LogP) is 2.25. The third kappa shape index (κ3) is 3.95. The van der Waals surface area contributed by atoms with Crippen LogP contribution >= 0.6 is 0 Å². The SMILES string of the molecule is c1ccc(CCOCC2CCCNC2)cc1. The Morgan fingerprint density at radius 1 is 1.25 bits per heavy atom. The Labute approximate surface area is 98.0 Å². The minimum Gasteiger partial charge on any atom is -0.381 e. The molecule has 0 aromatic heterocycles. The highest BCUT2D eigenvalue weighted by molar-refractivity contribution is 5.14. The standard InChI is InChI=1S/C14H21NO/c1-2-5-13(6-3-1)8-10-16-12-14-7-4-9-15-11-14/h1-3,5-6,14-15H,4,7-12H2. The number of hydrogen-bond acceptors (Lipinski definition) is 2. The van der Waals surface area contributed by atoms with Crippen LogP contribution in [0.3, 0.4) is 0 Å². The highest BCUT2D eigenvalue weighted by Crippen LogP contribution is 2.10. The Kier molecular flexibility index (Phi) is 4.84. The van der Waals surface area contributed by atoms with Gasteiger partial charge >= 0.3 is 0 Å². The maximum absolute atomic E-state index is 5.74. The molecule has 1 unspecified atom stereocenters. The number of rotatable bonds is 5. The summed E-state index contributed by atoms with van der Waals surface area (Å²) in [5.74, 6) is 0.726. The van der Waals surface area contributed by atoms with Crippen LogP contribution in [0.15, 0.2) is 30.3 Å². The quantitative estimate of drug-likeness (QED) is 0.767. The van der Waals surface area contributed by atoms with E-state index in [9.17, 15) is 0 Å². The Bertz CT molecular complexity index is 280. The lowest BCUT2D eigenvalue weighted by atomic mass is 10.0. The van der Waals surface area contributed by atoms with Gasteiger partial charge < -0.3 is 10.1 Å². The van der Waals surface area contributed by atoms with Crippen molar-refractivity contribution < 1.29 is 4.74 Å². The fraction of sp³-hybridized carbons (Fsp3) is 0.571. The molecule has 1 saturated heterocycles. The van der Waals surface area contributed by atoms with Crippen LogP contribution in [0.25, 0.3) is 0 Å². The lowest BCUT2D eigenvalue weighted by Crippen LogP contribution is -2.32. The van der Waals surface area contributed by atoms with Gasteiger partial charge in [0.25, 0.3) is 0 Å². The van der Waals surface area contributed by atoms with Crippen LogP contribution < -0.4 is 5.32 Å². The zero-order valence-electron chi connectivity index (χ0n) is 9.82. The highest BCUT2D eigenvalue weighted by Gasteiger charge is 2.12. The number of ether oxygens (including phenoxy) is 1. The van der Waals surface area contributed by atoms with E-state index < -0.39 is 0 Å². The first kappa shape index (κ1) is 11.6. The molecule has 88 valence electrons. The van der Waals surface area contributed by atoms with Gasteiger partial charge in [0.05, 0.1) is 13.2 Å². The maximum Gasteiger partial charge on any atom is 0.0506 e. The molecule has 2 nitrogen and oxygen atoms in total. The molecular formula is C14H21NO. The molecule has 2 rings (SSSR count). The third-order valence-electron chi connectivity index (χ3n) is 3.13. The molecule has 16 heavy (non-hydrogen) atoms. The molecule has 0 radical (unpaired) electrons. The van der Waals surface area contributed by atoms with Gasteiger partial charge in [0.1, 0.15) is 0 Å². The summed E-state index contributed by atoms with van der Waals surface area (Å²) in [5, 5.41) is 3.41. The van der Waals surface area contributed by atoms with E-state index in [2.05, 4.69) is 35.6 Å². The average molecular weight is 219 g/mol. The molecule has 1 N–H and O–H groups in total. The van der Waals surface area contributed by atoms with Crippen LogP contribution in [0.4, 0.5) is 0 Å². The van der Waals surface area contributed by atoms with Crippen molar-refractivity contribution in [2.45, 2.75) is 19.3 Å². The third-order valence-corrected chi connectivity index (χ3v) is 3.13. The minimum atomic E-state index is 0.726. The van der Waals surface area contributed by atoms with E-state index in [0.29, 0.717) is 0 Å². The van der Waals surface area contributed by atoms with E-state index in [1.165, 1.54) is 24.9 Å². The number of nitrogens with one attached hydrogen (secondary N) is 1. The second-order valence-corrected chi connectivity index (χ2v) is 4.52. The molecular weight excluding hydrogens is 198 g/mol. The second kappa shape index (κ2) is 6.66. The van der Waals surface area contributed by atoms with Crippen LogP contribution in [0.2, 0.25) is 0 Å². The molecule has 1 aliphatic heterocycles. The van der Waals surface area contributed by atoms with Crippen molar-refractivity contribution in [1.29, 1.82) is 0 Å². The Morgan fingerprint density at radius 3 is 2.88 bits per heavy atom. The molecule has 0 aliphatic carbocycles. The fourth-order valence-electron chi connectivity index (χ4n) is 2.15. The van der Waals surface area contributed by atoms with Gasteiger partial charge in [0.15, 0.2) is 0 Å². The van der Waals surface area contributed by atoms with Crippen molar-refractivity contribution in [1.82, 2.24) is 5.32 Å². The lowest BCUT2D eigenvalue weighted by Gasteiger charge is -2.22. The van der Waals surface area contributed by atoms with Crippen molar-refractivity contribution in [3.63, 3.8) is 0 Å². The predicted molar refractivity (Wildman–Crippen MR) is 66.6 cm³/mol. The average Bonchev–Trinajstić information content (AvgIpc) is 2.37. The number of piperidine rings is 1. The summed E-state index contributed by atoms with van der Waals surface area (Å²) in [7, 11) is 0. The molecule has 1 aliphatic rings. The summed E-state index contributed by atoms with van der Waals surface area (Å²) in [4.78, 5) is 0. The van der Waals surface area contributed by atoms with Crippen molar-refractivity contribution in [2.24, 2.45) is 5.92 Å². The first-order valence-electron chi connectivity index (χ1n) is 6.27. The molecule has 1 aromatic carbocycles. The summed E-state index contributed by atoms with van der Waals surface area (Å²) < 4.78 is 5.74. The molecule has 0 bridgehead atoms. The van der Waals surface area contributed by atoms with Gasteiger partial charge in [-0.3, -0.25) is 0 Å². The molecule has 1 heterocycles. The minimum absolute atomic E-state index is 0.726. The van der Waals surface area contributed by atoms with Crippen LogP contribution in [-0.4, -0.2) is 26.3 Å². The molecule has 0 spiro atoms. The molecule has 1 fully saturated rings. The van der Waals surface area contributed by atoms with Gasteiger partial charge in [-0.05, 0) is 37.3 Å². The molecule has 0 saturated carbocycles. The van der Waals surface area contributed by atoms with Crippen LogP contribution in [0, 0.1) is 5.92 Å². The zero-order chi connectivity index (χ0) is 11.1. The monoisotopic (exact) mass is 219 g/mol. The van der Waals surface area contributed by atoms with Crippen molar-refractivity contribution in [2.75, 3.05) is 26.3 Å². The summed E-state index contributed by atoms with van der Waals surface area (Å²) in [6.45, 7) is 4.08. The van der Waals surface area contributed by atoms with E-state index in [0.717, 1.165) is 32.1 Å². The molecule has 2 heteroatoms. The topological polar surface area (TPSA) is 21.3 Å². The van der Waals surface area contributed by atoms with Gasteiger partial charge in [-0.25, -0.2) is 0 Å². The van der Waals surface area contributed by atoms with E-state index >= 15 is 0 Å². The van der Waals surface area contributed by atoms with Gasteiger partial charge in [0.2, 0.25) is 0 Å². The smallest absolute Gasteiger partial charge is 0.0506 e. The summed E-state index contributed by atoms with van der Waals surface area (Å²) in [5.41, 5.74) is 1.37. The highest BCUT2D eigenvalue weighted by atomic mass is 16.5. The fourth-order valence-corrected chi connectivity index (χ4v) is 2.15. The molecule has 0 amide bonds. The zero-order valence-corrected chi connectivity index (χ0v) is 9.82. The summed E-state index contributed by atoms with van der Waals surface area (Å²) in [6.07, 6.45) is 3.64. The van der Waals surface area contributed by atoms with Crippen molar-refractivity contribution in [3.05, 3.63) is 35.9 Å². The van der Waals surface area contributed by atoms with Gasteiger partial charge in [-0.1, -0.05) is 30.3 Å². The Hall–Kier alpha value is -0.860. The Morgan fingerprint density at radius 2 is 2.12 bits per heavy atom. The maximum atomic E-state index is 5.74. The van der Waals surface area contributed by atoms with E-state index in [-0.39, 0.29) is 0 Å².